The van der Waals surface area contributed by atoms with E-state index in [0.29, 0.717) is 29.7 Å². The van der Waals surface area contributed by atoms with E-state index in [1.807, 2.05) is 6.08 Å². The Morgan fingerprint density at radius 3 is 2.63 bits per heavy atom. The van der Waals surface area contributed by atoms with Gasteiger partial charge in [-0.05, 0) is 92.1 Å². The Bertz CT molecular complexity index is 1010. The Morgan fingerprint density at radius 1 is 1.18 bits per heavy atom. The Labute approximate surface area is 227 Å². The first-order chi connectivity index (χ1) is 18.0. The van der Waals surface area contributed by atoms with Crippen LogP contribution in [-0.2, 0) is 9.53 Å². The first kappa shape index (κ1) is 29.1. The van der Waals surface area contributed by atoms with Gasteiger partial charge in [-0.3, -0.25) is 4.79 Å². The summed E-state index contributed by atoms with van der Waals surface area (Å²) in [5.74, 6) is 7.18. The normalized spacial score (nSPS) is 37.6. The highest BCUT2D eigenvalue weighted by atomic mass is 16.5. The van der Waals surface area contributed by atoms with Crippen molar-refractivity contribution in [3.05, 3.63) is 35.5 Å². The largest absolute Gasteiger partial charge is 0.481 e. The van der Waals surface area contributed by atoms with Crippen LogP contribution >= 0.6 is 0 Å². The van der Waals surface area contributed by atoms with Gasteiger partial charge in [0.05, 0.1) is 19.1 Å². The molecule has 4 aliphatic carbocycles. The lowest BCUT2D eigenvalue weighted by molar-refractivity contribution is -0.141. The first-order valence-corrected chi connectivity index (χ1v) is 14.5. The minimum absolute atomic E-state index is 0.0587. The van der Waals surface area contributed by atoms with Gasteiger partial charge in [0, 0.05) is 12.8 Å². The summed E-state index contributed by atoms with van der Waals surface area (Å²) in [6.45, 7) is 8.78. The molecular formula is C32H46O6. The molecule has 0 saturated heterocycles. The molecule has 0 unspecified atom stereocenters. The summed E-state index contributed by atoms with van der Waals surface area (Å²) in [6, 6.07) is 0. The van der Waals surface area contributed by atoms with E-state index >= 15 is 0 Å². The minimum atomic E-state index is -1.06. The van der Waals surface area contributed by atoms with E-state index < -0.39 is 29.9 Å². The highest BCUT2D eigenvalue weighted by Gasteiger charge is 2.50. The molecule has 4 aliphatic rings. The van der Waals surface area contributed by atoms with Gasteiger partial charge in [-0.2, -0.15) is 0 Å². The van der Waals surface area contributed by atoms with Gasteiger partial charge in [0.1, 0.15) is 17.8 Å². The number of hydrogen-bond acceptors (Lipinski definition) is 5. The number of hydrogen-bond donors (Lipinski definition) is 4. The number of carboxylic acid groups (broad SMARTS) is 1. The molecule has 0 bridgehead atoms. The van der Waals surface area contributed by atoms with Crippen molar-refractivity contribution in [3.63, 3.8) is 0 Å². The van der Waals surface area contributed by atoms with Crippen molar-refractivity contribution < 1.29 is 30.0 Å². The van der Waals surface area contributed by atoms with Gasteiger partial charge in [-0.1, -0.05) is 50.0 Å². The lowest BCUT2D eigenvalue weighted by Crippen LogP contribution is -2.45. The molecule has 7 atom stereocenters. The molecule has 0 amide bonds. The Morgan fingerprint density at radius 2 is 1.92 bits per heavy atom. The van der Waals surface area contributed by atoms with E-state index in [1.165, 1.54) is 24.8 Å². The second-order valence-corrected chi connectivity index (χ2v) is 12.5. The van der Waals surface area contributed by atoms with E-state index in [-0.39, 0.29) is 18.4 Å². The molecule has 4 fully saturated rings. The van der Waals surface area contributed by atoms with Crippen molar-refractivity contribution in [1.82, 2.24) is 0 Å². The van der Waals surface area contributed by atoms with E-state index in [9.17, 15) is 20.1 Å². The fraction of sp³-hybridized carbons (Fsp3) is 0.719. The topological polar surface area (TPSA) is 107 Å². The standard InChI is InChI=1S/C32H46O6/c1-21(8-6-18-32(37)16-4-5-17-32)25-12-13-26-23(9-7-15-31(25,26)3)10-11-24-20-27(33)30(29(36)22(24)2)38-19-14-28(34)35/h10-11,21,25-27,29-30,33,36-37H,2,4-5,7-9,12-17,19-20H2,1,3H3,(H,34,35)/t21-,25-,26+,27-,29-,30+,31-/m1/s1. The van der Waals surface area contributed by atoms with Crippen molar-refractivity contribution in [2.45, 2.75) is 115 Å². The summed E-state index contributed by atoms with van der Waals surface area (Å²) in [7, 11) is 0. The van der Waals surface area contributed by atoms with Gasteiger partial charge >= 0.3 is 5.97 Å². The van der Waals surface area contributed by atoms with Crippen LogP contribution in [0.15, 0.2) is 35.5 Å². The Kier molecular flexibility index (Phi) is 9.25. The number of ether oxygens (including phenoxy) is 1. The van der Waals surface area contributed by atoms with Crippen LogP contribution in [0.4, 0.5) is 0 Å². The first-order valence-electron chi connectivity index (χ1n) is 14.5. The summed E-state index contributed by atoms with van der Waals surface area (Å²) in [4.78, 5) is 10.8. The zero-order valence-electron chi connectivity index (χ0n) is 23.1. The summed E-state index contributed by atoms with van der Waals surface area (Å²) in [5.41, 5.74) is 2.28. The molecule has 0 aliphatic heterocycles. The Hall–Kier alpha value is -1.91. The third-order valence-corrected chi connectivity index (χ3v) is 9.91. The molecule has 0 aromatic carbocycles. The monoisotopic (exact) mass is 526 g/mol. The minimum Gasteiger partial charge on any atom is -0.481 e. The molecule has 0 aromatic rings. The van der Waals surface area contributed by atoms with Gasteiger partial charge in [0.2, 0.25) is 0 Å². The summed E-state index contributed by atoms with van der Waals surface area (Å²) in [6.07, 6.45) is 11.9. The van der Waals surface area contributed by atoms with Crippen LogP contribution < -0.4 is 0 Å². The summed E-state index contributed by atoms with van der Waals surface area (Å²) < 4.78 is 5.49. The van der Waals surface area contributed by atoms with E-state index in [0.717, 1.165) is 50.5 Å². The number of allylic oxidation sites excluding steroid dienone is 3. The smallest absolute Gasteiger partial charge is 0.305 e. The molecule has 210 valence electrons. The SMILES string of the molecule is C=C1C(=CC=C2CCC[C@]3(C)[C@@H]([C@H](C)CC#CC4(O)CCCC4)CC[C@@H]23)C[C@@H](O)[C@H](OCCC(=O)O)[C@@H]1O. The second-order valence-electron chi connectivity index (χ2n) is 12.5. The van der Waals surface area contributed by atoms with Crippen LogP contribution in [0.5, 0.6) is 0 Å². The summed E-state index contributed by atoms with van der Waals surface area (Å²) in [5, 5.41) is 40.7. The number of rotatable bonds is 7. The van der Waals surface area contributed by atoms with Crippen LogP contribution in [0.25, 0.3) is 0 Å². The third-order valence-electron chi connectivity index (χ3n) is 9.91. The highest BCUT2D eigenvalue weighted by molar-refractivity contribution is 5.66. The Balaban J connectivity index is 1.41. The fourth-order valence-corrected chi connectivity index (χ4v) is 7.76. The van der Waals surface area contributed by atoms with Gasteiger partial charge in [0.15, 0.2) is 0 Å². The van der Waals surface area contributed by atoms with Crippen LogP contribution in [0.3, 0.4) is 0 Å². The van der Waals surface area contributed by atoms with Crippen molar-refractivity contribution in [2.24, 2.45) is 23.2 Å². The maximum atomic E-state index is 10.8. The quantitative estimate of drug-likeness (QED) is 0.351. The molecule has 4 saturated carbocycles. The van der Waals surface area contributed by atoms with Gasteiger partial charge < -0.3 is 25.2 Å². The van der Waals surface area contributed by atoms with Gasteiger partial charge in [0.25, 0.3) is 0 Å². The molecule has 0 spiro atoms. The molecule has 0 aromatic heterocycles. The predicted octanol–water partition coefficient (Wildman–Crippen LogP) is 4.93. The predicted molar refractivity (Wildman–Crippen MR) is 147 cm³/mol. The van der Waals surface area contributed by atoms with E-state index in [4.69, 9.17) is 9.84 Å². The number of carboxylic acids is 1. The van der Waals surface area contributed by atoms with E-state index in [2.05, 4.69) is 38.3 Å². The van der Waals surface area contributed by atoms with Crippen molar-refractivity contribution >= 4 is 5.97 Å². The van der Waals surface area contributed by atoms with Crippen molar-refractivity contribution in [2.75, 3.05) is 6.61 Å². The van der Waals surface area contributed by atoms with Crippen LogP contribution in [-0.4, -0.2) is 56.9 Å². The van der Waals surface area contributed by atoms with Crippen molar-refractivity contribution in [1.29, 1.82) is 0 Å². The van der Waals surface area contributed by atoms with Crippen LogP contribution in [0.2, 0.25) is 0 Å². The molecular weight excluding hydrogens is 480 g/mol. The average molecular weight is 527 g/mol. The summed E-state index contributed by atoms with van der Waals surface area (Å²) >= 11 is 0. The van der Waals surface area contributed by atoms with Crippen LogP contribution in [0.1, 0.15) is 90.9 Å². The molecule has 4 rings (SSSR count). The number of fused-ring (bicyclic) bond motifs is 1. The number of aliphatic hydroxyl groups is 3. The molecule has 0 heterocycles. The molecule has 6 nitrogen and oxygen atoms in total. The maximum absolute atomic E-state index is 10.8. The molecule has 4 N–H and O–H groups in total. The molecule has 38 heavy (non-hydrogen) atoms. The number of aliphatic hydroxyl groups excluding tert-OH is 2. The van der Waals surface area contributed by atoms with Gasteiger partial charge in [-0.25, -0.2) is 0 Å². The third kappa shape index (κ3) is 6.28. The maximum Gasteiger partial charge on any atom is 0.305 e. The van der Waals surface area contributed by atoms with E-state index in [1.54, 1.807) is 0 Å². The number of carbonyl (C=O) groups is 1. The van der Waals surface area contributed by atoms with Crippen molar-refractivity contribution in [3.8, 4) is 11.8 Å². The number of aliphatic carboxylic acids is 1. The lowest BCUT2D eigenvalue weighted by atomic mass is 9.61. The average Bonchev–Trinajstić information content (AvgIpc) is 3.45. The molecule has 6 heteroatoms. The van der Waals surface area contributed by atoms with Crippen LogP contribution in [0, 0.1) is 35.0 Å². The lowest BCUT2D eigenvalue weighted by Gasteiger charge is -2.44. The second kappa shape index (κ2) is 12.1. The zero-order valence-corrected chi connectivity index (χ0v) is 23.1. The highest BCUT2D eigenvalue weighted by Crippen LogP contribution is 2.59. The van der Waals surface area contributed by atoms with Gasteiger partial charge in [-0.15, -0.1) is 0 Å². The fourth-order valence-electron chi connectivity index (χ4n) is 7.76. The zero-order chi connectivity index (χ0) is 27.5. The molecule has 0 radical (unpaired) electrons.